The van der Waals surface area contributed by atoms with Crippen LogP contribution in [0.1, 0.15) is 20.3 Å². The van der Waals surface area contributed by atoms with Gasteiger partial charge in [-0.2, -0.15) is 0 Å². The summed E-state index contributed by atoms with van der Waals surface area (Å²) in [5, 5.41) is 3.43. The molecule has 0 unspecified atom stereocenters. The van der Waals surface area contributed by atoms with Crippen molar-refractivity contribution in [3.63, 3.8) is 0 Å². The van der Waals surface area contributed by atoms with Crippen LogP contribution in [0, 0.1) is 0 Å². The van der Waals surface area contributed by atoms with Gasteiger partial charge in [-0.3, -0.25) is 0 Å². The Morgan fingerprint density at radius 3 is 2.14 bits per heavy atom. The van der Waals surface area contributed by atoms with E-state index in [1.54, 1.807) is 10.5 Å². The first-order chi connectivity index (χ1) is 6.49. The first kappa shape index (κ1) is 12.2. The minimum atomic E-state index is -1.02. The summed E-state index contributed by atoms with van der Waals surface area (Å²) >= 11 is 0. The normalized spacial score (nSPS) is 17.3. The molecule has 0 spiro atoms. The van der Waals surface area contributed by atoms with Gasteiger partial charge in [0.25, 0.3) is 0 Å². The molecule has 14 heavy (non-hydrogen) atoms. The largest absolute Gasteiger partial charge is 0.0767 e. The predicted molar refractivity (Wildman–Crippen MR) is 72.1 cm³/mol. The molecular weight excluding hydrogens is 203 g/mol. The third-order valence-electron chi connectivity index (χ3n) is 2.95. The number of rotatable bonds is 4. The molecule has 0 aromatic rings. The second-order valence-corrected chi connectivity index (χ2v) is 12.9. The van der Waals surface area contributed by atoms with Gasteiger partial charge in [0.2, 0.25) is 0 Å². The second kappa shape index (κ2) is 4.77. The predicted octanol–water partition coefficient (Wildman–Crippen LogP) is 4.60. The molecule has 0 saturated heterocycles. The molecule has 0 aliphatic heterocycles. The fourth-order valence-corrected chi connectivity index (χ4v) is 5.13. The maximum atomic E-state index is 2.53. The molecule has 0 radical (unpaired) electrons. The average molecular weight is 226 g/mol. The summed E-state index contributed by atoms with van der Waals surface area (Å²) < 4.78 is 0. The van der Waals surface area contributed by atoms with Gasteiger partial charge in [-0.05, 0) is 24.1 Å². The van der Waals surface area contributed by atoms with Crippen LogP contribution in [0.25, 0.3) is 0 Å². The lowest BCUT2D eigenvalue weighted by Crippen LogP contribution is -2.22. The topological polar surface area (TPSA) is 0 Å². The summed E-state index contributed by atoms with van der Waals surface area (Å²) in [5.41, 5.74) is 0. The maximum Gasteiger partial charge on any atom is 0.0728 e. The van der Waals surface area contributed by atoms with Gasteiger partial charge in [-0.25, -0.2) is 0 Å². The molecule has 0 saturated carbocycles. The van der Waals surface area contributed by atoms with E-state index in [4.69, 9.17) is 0 Å². The van der Waals surface area contributed by atoms with Crippen LogP contribution >= 0.6 is 7.92 Å². The number of hydrogen-bond acceptors (Lipinski definition) is 0. The van der Waals surface area contributed by atoms with E-state index < -0.39 is 8.07 Å². The molecule has 0 atom stereocenters. The van der Waals surface area contributed by atoms with Gasteiger partial charge in [-0.1, -0.05) is 58.8 Å². The van der Waals surface area contributed by atoms with Gasteiger partial charge in [0.05, 0.1) is 8.07 Å². The van der Waals surface area contributed by atoms with Crippen LogP contribution in [0.15, 0.2) is 22.7 Å². The van der Waals surface area contributed by atoms with Gasteiger partial charge in [0.15, 0.2) is 0 Å². The summed E-state index contributed by atoms with van der Waals surface area (Å²) in [6, 6.07) is 0. The molecule has 0 heterocycles. The lowest BCUT2D eigenvalue weighted by atomic mass is 10.5. The van der Waals surface area contributed by atoms with E-state index >= 15 is 0 Å². The lowest BCUT2D eigenvalue weighted by molar-refractivity contribution is 1.35. The van der Waals surface area contributed by atoms with Crippen molar-refractivity contribution < 1.29 is 0 Å². The summed E-state index contributed by atoms with van der Waals surface area (Å²) in [6.45, 7) is 12.0. The quantitative estimate of drug-likeness (QED) is 0.485. The standard InChI is InChI=1S/C12H23PSi/c1-6-13(7-2)11-8-9-12(10-11)14(3,4)5/h8,10H,6-7,9H2,1-5H3. The monoisotopic (exact) mass is 226 g/mol. The molecule has 0 fully saturated rings. The molecule has 1 aliphatic carbocycles. The van der Waals surface area contributed by atoms with Gasteiger partial charge in [0.1, 0.15) is 0 Å². The molecule has 0 bridgehead atoms. The van der Waals surface area contributed by atoms with E-state index in [9.17, 15) is 0 Å². The van der Waals surface area contributed by atoms with Crippen molar-refractivity contribution in [2.24, 2.45) is 0 Å². The van der Waals surface area contributed by atoms with Gasteiger partial charge in [-0.15, -0.1) is 0 Å². The van der Waals surface area contributed by atoms with E-state index in [0.29, 0.717) is 0 Å². The van der Waals surface area contributed by atoms with E-state index in [2.05, 4.69) is 45.6 Å². The molecule has 0 aromatic carbocycles. The van der Waals surface area contributed by atoms with E-state index in [1.165, 1.54) is 18.7 Å². The first-order valence-electron chi connectivity index (χ1n) is 5.65. The Morgan fingerprint density at radius 2 is 1.79 bits per heavy atom. The van der Waals surface area contributed by atoms with E-state index in [1.807, 2.05) is 0 Å². The van der Waals surface area contributed by atoms with Crippen LogP contribution in [0.4, 0.5) is 0 Å². The van der Waals surface area contributed by atoms with Crippen molar-refractivity contribution in [3.8, 4) is 0 Å². The fourth-order valence-electron chi connectivity index (χ4n) is 1.84. The van der Waals surface area contributed by atoms with Crippen molar-refractivity contribution in [2.75, 3.05) is 12.3 Å². The Labute approximate surface area is 91.2 Å². The van der Waals surface area contributed by atoms with Gasteiger partial charge < -0.3 is 0 Å². The molecule has 0 nitrogen and oxygen atoms in total. The fraction of sp³-hybridized carbons (Fsp3) is 0.667. The summed E-state index contributed by atoms with van der Waals surface area (Å²) in [7, 11) is -0.842. The summed E-state index contributed by atoms with van der Waals surface area (Å²) in [5.74, 6) is 0. The van der Waals surface area contributed by atoms with Crippen molar-refractivity contribution >= 4 is 16.0 Å². The molecule has 0 aromatic heterocycles. The van der Waals surface area contributed by atoms with Crippen LogP contribution in [0.3, 0.4) is 0 Å². The smallest absolute Gasteiger partial charge is 0.0728 e. The molecule has 1 aliphatic rings. The zero-order chi connectivity index (χ0) is 10.8. The Balaban J connectivity index is 2.73. The third-order valence-corrected chi connectivity index (χ3v) is 7.79. The van der Waals surface area contributed by atoms with Crippen molar-refractivity contribution in [1.82, 2.24) is 0 Å². The molecule has 0 N–H and O–H groups in total. The number of allylic oxidation sites excluding steroid dienone is 4. The van der Waals surface area contributed by atoms with Crippen LogP contribution in [-0.4, -0.2) is 20.4 Å². The highest BCUT2D eigenvalue weighted by molar-refractivity contribution is 7.62. The maximum absolute atomic E-state index is 2.53. The van der Waals surface area contributed by atoms with Crippen LogP contribution in [0.5, 0.6) is 0 Å². The Morgan fingerprint density at radius 1 is 1.21 bits per heavy atom. The SMILES string of the molecule is CCP(CC)C1=CCC([Si](C)(C)C)=C1. The molecular formula is C12H23PSi. The van der Waals surface area contributed by atoms with E-state index in [0.717, 1.165) is 0 Å². The highest BCUT2D eigenvalue weighted by atomic mass is 31.1. The summed E-state index contributed by atoms with van der Waals surface area (Å²) in [6.07, 6.45) is 8.99. The van der Waals surface area contributed by atoms with E-state index in [-0.39, 0.29) is 7.92 Å². The van der Waals surface area contributed by atoms with Crippen LogP contribution in [-0.2, 0) is 0 Å². The highest BCUT2D eigenvalue weighted by Crippen LogP contribution is 2.48. The second-order valence-electron chi connectivity index (χ2n) is 4.92. The molecule has 0 amide bonds. The minimum Gasteiger partial charge on any atom is -0.0767 e. The Bertz CT molecular complexity index is 254. The average Bonchev–Trinajstić information content (AvgIpc) is 2.54. The lowest BCUT2D eigenvalue weighted by Gasteiger charge is -2.18. The minimum absolute atomic E-state index is 0.176. The zero-order valence-corrected chi connectivity index (χ0v) is 12.1. The Kier molecular flexibility index (Phi) is 4.15. The number of hydrogen-bond donors (Lipinski definition) is 0. The van der Waals surface area contributed by atoms with Crippen molar-refractivity contribution in [2.45, 2.75) is 39.9 Å². The Hall–Kier alpha value is 0.127. The van der Waals surface area contributed by atoms with Crippen LogP contribution < -0.4 is 0 Å². The third kappa shape index (κ3) is 2.81. The molecule has 1 rings (SSSR count). The van der Waals surface area contributed by atoms with Gasteiger partial charge in [0, 0.05) is 0 Å². The molecule has 2 heteroatoms. The first-order valence-corrected chi connectivity index (χ1v) is 10.9. The zero-order valence-electron chi connectivity index (χ0n) is 10.2. The summed E-state index contributed by atoms with van der Waals surface area (Å²) in [4.78, 5) is 0. The van der Waals surface area contributed by atoms with Gasteiger partial charge >= 0.3 is 0 Å². The molecule has 80 valence electrons. The van der Waals surface area contributed by atoms with Crippen molar-refractivity contribution in [1.29, 1.82) is 0 Å². The van der Waals surface area contributed by atoms with Crippen molar-refractivity contribution in [3.05, 3.63) is 22.7 Å². The van der Waals surface area contributed by atoms with Crippen LogP contribution in [0.2, 0.25) is 19.6 Å². The highest BCUT2D eigenvalue weighted by Gasteiger charge is 2.23.